The Balaban J connectivity index is 2.36. The number of nitrogens with one attached hydrogen (secondary N) is 1. The van der Waals surface area contributed by atoms with Gasteiger partial charge in [0.15, 0.2) is 0 Å². The van der Waals surface area contributed by atoms with Crippen molar-refractivity contribution >= 4 is 21.6 Å². The summed E-state index contributed by atoms with van der Waals surface area (Å²) >= 11 is 0. The molecule has 0 bridgehead atoms. The molecule has 0 saturated carbocycles. The first kappa shape index (κ1) is 22.9. The maximum absolute atomic E-state index is 13.3. The number of nitrogens with zero attached hydrogens (tertiary/aromatic N) is 1. The molecule has 2 aromatic carbocycles. The van der Waals surface area contributed by atoms with Crippen molar-refractivity contribution in [2.24, 2.45) is 0 Å². The molecule has 0 aliphatic carbocycles. The zero-order valence-electron chi connectivity index (χ0n) is 17.6. The van der Waals surface area contributed by atoms with Crippen LogP contribution in [0.15, 0.2) is 42.5 Å². The summed E-state index contributed by atoms with van der Waals surface area (Å²) in [5, 5.41) is 3.01. The summed E-state index contributed by atoms with van der Waals surface area (Å²) < 4.78 is 39.4. The SMILES string of the molecule is CC[C@@H](NC(=O)[C@H](CC)N(c1ccc(F)cc1)S(C)(=O)=O)c1ccc(C)cc1C. The van der Waals surface area contributed by atoms with Gasteiger partial charge in [-0.15, -0.1) is 0 Å². The largest absolute Gasteiger partial charge is 0.347 e. The lowest BCUT2D eigenvalue weighted by Crippen LogP contribution is -2.50. The van der Waals surface area contributed by atoms with Gasteiger partial charge in [-0.3, -0.25) is 9.10 Å². The van der Waals surface area contributed by atoms with Crippen molar-refractivity contribution in [2.45, 2.75) is 52.6 Å². The standard InChI is InChI=1S/C22H29FN2O3S/c1-6-20(19-13-8-15(3)14-16(19)4)24-22(26)21(7-2)25(29(5,27)28)18-11-9-17(23)10-12-18/h8-14,20-21H,6-7H2,1-5H3,(H,24,26)/t20-,21+/m1/s1. The molecule has 0 aromatic heterocycles. The summed E-state index contributed by atoms with van der Waals surface area (Å²) in [4.78, 5) is 13.1. The highest BCUT2D eigenvalue weighted by atomic mass is 32.2. The number of carbonyl (C=O) groups excluding carboxylic acids is 1. The Labute approximate surface area is 173 Å². The molecule has 0 heterocycles. The number of rotatable bonds is 8. The zero-order valence-corrected chi connectivity index (χ0v) is 18.4. The van der Waals surface area contributed by atoms with Gasteiger partial charge in [-0.1, -0.05) is 37.6 Å². The molecule has 2 aromatic rings. The summed E-state index contributed by atoms with van der Waals surface area (Å²) in [5.41, 5.74) is 3.48. The van der Waals surface area contributed by atoms with E-state index >= 15 is 0 Å². The van der Waals surface area contributed by atoms with Crippen LogP contribution in [-0.4, -0.2) is 26.6 Å². The number of carbonyl (C=O) groups is 1. The molecule has 0 aliphatic heterocycles. The lowest BCUT2D eigenvalue weighted by atomic mass is 9.97. The van der Waals surface area contributed by atoms with Crippen molar-refractivity contribution in [1.82, 2.24) is 5.32 Å². The third kappa shape index (κ3) is 5.56. The first-order chi connectivity index (χ1) is 13.6. The molecule has 158 valence electrons. The Morgan fingerprint density at radius 3 is 2.17 bits per heavy atom. The quantitative estimate of drug-likeness (QED) is 0.694. The number of amides is 1. The van der Waals surface area contributed by atoms with Crippen LogP contribution in [0.5, 0.6) is 0 Å². The van der Waals surface area contributed by atoms with Crippen molar-refractivity contribution < 1.29 is 17.6 Å². The van der Waals surface area contributed by atoms with Gasteiger partial charge in [-0.2, -0.15) is 0 Å². The maximum Gasteiger partial charge on any atom is 0.244 e. The van der Waals surface area contributed by atoms with Crippen LogP contribution in [0.2, 0.25) is 0 Å². The minimum atomic E-state index is -3.76. The van der Waals surface area contributed by atoms with Crippen molar-refractivity contribution in [1.29, 1.82) is 0 Å². The van der Waals surface area contributed by atoms with Gasteiger partial charge < -0.3 is 5.32 Å². The fraction of sp³-hybridized carbons (Fsp3) is 0.409. The second-order valence-corrected chi connectivity index (χ2v) is 9.15. The van der Waals surface area contributed by atoms with Gasteiger partial charge in [-0.25, -0.2) is 12.8 Å². The van der Waals surface area contributed by atoms with Crippen molar-refractivity contribution in [3.05, 3.63) is 65.0 Å². The molecule has 0 unspecified atom stereocenters. The lowest BCUT2D eigenvalue weighted by molar-refractivity contribution is -0.123. The molecule has 2 rings (SSSR count). The third-order valence-corrected chi connectivity index (χ3v) is 6.12. The molecule has 0 aliphatic rings. The molecule has 7 heteroatoms. The first-order valence-electron chi connectivity index (χ1n) is 9.71. The summed E-state index contributed by atoms with van der Waals surface area (Å²) in [6.07, 6.45) is 1.99. The molecule has 0 spiro atoms. The molecular weight excluding hydrogens is 391 g/mol. The molecule has 1 N–H and O–H groups in total. The molecule has 5 nitrogen and oxygen atoms in total. The van der Waals surface area contributed by atoms with Crippen LogP contribution < -0.4 is 9.62 Å². The summed E-state index contributed by atoms with van der Waals surface area (Å²) in [7, 11) is -3.76. The van der Waals surface area contributed by atoms with Gasteiger partial charge >= 0.3 is 0 Å². The highest BCUT2D eigenvalue weighted by Gasteiger charge is 2.32. The van der Waals surface area contributed by atoms with Crippen LogP contribution in [0.4, 0.5) is 10.1 Å². The molecular formula is C22H29FN2O3S. The Kier molecular flexibility index (Phi) is 7.41. The Bertz CT molecular complexity index is 959. The number of hydrogen-bond donors (Lipinski definition) is 1. The average Bonchev–Trinajstić information content (AvgIpc) is 2.64. The predicted molar refractivity (Wildman–Crippen MR) is 115 cm³/mol. The van der Waals surface area contributed by atoms with Crippen molar-refractivity contribution in [3.8, 4) is 0 Å². The molecule has 2 atom stereocenters. The first-order valence-corrected chi connectivity index (χ1v) is 11.6. The predicted octanol–water partition coefficient (Wildman–Crippen LogP) is 4.25. The summed E-state index contributed by atoms with van der Waals surface area (Å²) in [5.74, 6) is -0.852. The minimum Gasteiger partial charge on any atom is -0.347 e. The van der Waals surface area contributed by atoms with Crippen LogP contribution in [0, 0.1) is 19.7 Å². The number of hydrogen-bond acceptors (Lipinski definition) is 3. The van der Waals surface area contributed by atoms with E-state index in [0.29, 0.717) is 6.42 Å². The Morgan fingerprint density at radius 2 is 1.69 bits per heavy atom. The summed E-state index contributed by atoms with van der Waals surface area (Å²) in [6.45, 7) is 7.73. The molecule has 29 heavy (non-hydrogen) atoms. The van der Waals surface area contributed by atoms with Crippen LogP contribution in [0.25, 0.3) is 0 Å². The van der Waals surface area contributed by atoms with E-state index < -0.39 is 21.9 Å². The van der Waals surface area contributed by atoms with E-state index in [1.54, 1.807) is 6.92 Å². The van der Waals surface area contributed by atoms with E-state index in [9.17, 15) is 17.6 Å². The van der Waals surface area contributed by atoms with Gasteiger partial charge in [0.25, 0.3) is 0 Å². The average molecular weight is 421 g/mol. The van der Waals surface area contributed by atoms with Crippen LogP contribution in [-0.2, 0) is 14.8 Å². The molecule has 0 fully saturated rings. The van der Waals surface area contributed by atoms with Crippen molar-refractivity contribution in [3.63, 3.8) is 0 Å². The zero-order chi connectivity index (χ0) is 21.8. The number of benzene rings is 2. The highest BCUT2D eigenvalue weighted by Crippen LogP contribution is 2.25. The number of anilines is 1. The second-order valence-electron chi connectivity index (χ2n) is 7.29. The van der Waals surface area contributed by atoms with Crippen LogP contribution in [0.3, 0.4) is 0 Å². The number of sulfonamides is 1. The smallest absolute Gasteiger partial charge is 0.244 e. The molecule has 0 saturated heterocycles. The van der Waals surface area contributed by atoms with E-state index in [4.69, 9.17) is 0 Å². The van der Waals surface area contributed by atoms with Crippen LogP contribution >= 0.6 is 0 Å². The van der Waals surface area contributed by atoms with Gasteiger partial charge in [0, 0.05) is 0 Å². The van der Waals surface area contributed by atoms with Crippen LogP contribution in [0.1, 0.15) is 49.4 Å². The van der Waals surface area contributed by atoms with Gasteiger partial charge in [0.1, 0.15) is 11.9 Å². The van der Waals surface area contributed by atoms with E-state index in [0.717, 1.165) is 27.3 Å². The fourth-order valence-corrected chi connectivity index (χ4v) is 4.74. The normalized spacial score (nSPS) is 13.6. The monoisotopic (exact) mass is 420 g/mol. The van der Waals surface area contributed by atoms with Gasteiger partial charge in [0.2, 0.25) is 15.9 Å². The third-order valence-electron chi connectivity index (χ3n) is 4.94. The topological polar surface area (TPSA) is 66.5 Å². The second kappa shape index (κ2) is 9.39. The number of aryl methyl sites for hydroxylation is 2. The van der Waals surface area contributed by atoms with E-state index in [-0.39, 0.29) is 24.1 Å². The van der Waals surface area contributed by atoms with E-state index in [2.05, 4.69) is 11.4 Å². The fourth-order valence-electron chi connectivity index (χ4n) is 3.53. The van der Waals surface area contributed by atoms with E-state index in [1.807, 2.05) is 32.9 Å². The molecule has 1 amide bonds. The maximum atomic E-state index is 13.3. The minimum absolute atomic E-state index is 0.230. The van der Waals surface area contributed by atoms with E-state index in [1.165, 1.54) is 24.3 Å². The Hall–Kier alpha value is -2.41. The Morgan fingerprint density at radius 1 is 1.07 bits per heavy atom. The highest BCUT2D eigenvalue weighted by molar-refractivity contribution is 7.92. The van der Waals surface area contributed by atoms with Gasteiger partial charge in [-0.05, 0) is 62.1 Å². The van der Waals surface area contributed by atoms with Crippen molar-refractivity contribution in [2.75, 3.05) is 10.6 Å². The number of halogens is 1. The summed E-state index contributed by atoms with van der Waals surface area (Å²) in [6, 6.07) is 9.99. The lowest BCUT2D eigenvalue weighted by Gasteiger charge is -2.31. The van der Waals surface area contributed by atoms with Gasteiger partial charge in [0.05, 0.1) is 18.0 Å². The molecule has 0 radical (unpaired) electrons.